The Kier molecular flexibility index (Phi) is 3.93. The molecule has 11 heteroatoms. The van der Waals surface area contributed by atoms with Gasteiger partial charge < -0.3 is 4.42 Å². The molecule has 6 rings (SSSR count). The van der Waals surface area contributed by atoms with E-state index in [1.165, 1.54) is 33.9 Å². The number of aromatic nitrogens is 6. The summed E-state index contributed by atoms with van der Waals surface area (Å²) >= 11 is 1.76. The SMILES string of the molecule is CC1CCc2c(sc3ncn4nc(-c5ccc(Cn6cc([N+](=O)[O-])cn6)o5)nc4c23)C1. The largest absolute Gasteiger partial charge is 0.456 e. The third-order valence-corrected chi connectivity index (χ3v) is 6.82. The van der Waals surface area contributed by atoms with Gasteiger partial charge in [0, 0.05) is 4.88 Å². The van der Waals surface area contributed by atoms with Crippen molar-refractivity contribution in [3.05, 3.63) is 57.2 Å². The molecular weight excluding hydrogens is 418 g/mol. The lowest BCUT2D eigenvalue weighted by Crippen LogP contribution is -2.08. The van der Waals surface area contributed by atoms with Gasteiger partial charge in [0.25, 0.3) is 0 Å². The average Bonchev–Trinajstić information content (AvgIpc) is 3.51. The topological polar surface area (TPSA) is 117 Å². The summed E-state index contributed by atoms with van der Waals surface area (Å²) in [5, 5.41) is 20.5. The number of aryl methyl sites for hydroxylation is 1. The molecule has 1 aliphatic rings. The second-order valence-electron chi connectivity index (χ2n) is 7.90. The number of furan rings is 1. The molecule has 31 heavy (non-hydrogen) atoms. The first-order valence-corrected chi connectivity index (χ1v) is 10.8. The Bertz CT molecular complexity index is 1460. The van der Waals surface area contributed by atoms with Crippen LogP contribution in [0.1, 0.15) is 29.5 Å². The fourth-order valence-electron chi connectivity index (χ4n) is 4.12. The predicted molar refractivity (Wildman–Crippen MR) is 113 cm³/mol. The van der Waals surface area contributed by atoms with Gasteiger partial charge in [0.05, 0.1) is 16.9 Å². The maximum Gasteiger partial charge on any atom is 0.307 e. The first-order valence-electron chi connectivity index (χ1n) is 9.96. The van der Waals surface area contributed by atoms with Crippen molar-refractivity contribution in [3.8, 4) is 11.6 Å². The molecular formula is C20H17N7O3S. The van der Waals surface area contributed by atoms with E-state index >= 15 is 0 Å². The van der Waals surface area contributed by atoms with E-state index in [2.05, 4.69) is 22.1 Å². The highest BCUT2D eigenvalue weighted by atomic mass is 32.1. The Balaban J connectivity index is 1.36. The molecule has 0 fully saturated rings. The fraction of sp³-hybridized carbons (Fsp3) is 0.300. The normalized spacial score (nSPS) is 16.2. The van der Waals surface area contributed by atoms with E-state index in [4.69, 9.17) is 9.40 Å². The molecule has 1 unspecified atom stereocenters. The van der Waals surface area contributed by atoms with E-state index in [-0.39, 0.29) is 12.2 Å². The fourth-order valence-corrected chi connectivity index (χ4v) is 5.46. The monoisotopic (exact) mass is 435 g/mol. The van der Waals surface area contributed by atoms with E-state index in [1.54, 1.807) is 34.3 Å². The molecule has 0 spiro atoms. The lowest BCUT2D eigenvalue weighted by atomic mass is 9.89. The molecule has 0 saturated carbocycles. The third-order valence-electron chi connectivity index (χ3n) is 5.66. The van der Waals surface area contributed by atoms with Gasteiger partial charge in [0.2, 0.25) is 5.82 Å². The van der Waals surface area contributed by atoms with E-state index < -0.39 is 4.92 Å². The summed E-state index contributed by atoms with van der Waals surface area (Å²) in [7, 11) is 0. The highest BCUT2D eigenvalue weighted by Crippen LogP contribution is 2.38. The maximum atomic E-state index is 10.8. The minimum absolute atomic E-state index is 0.0567. The third kappa shape index (κ3) is 3.00. The summed E-state index contributed by atoms with van der Waals surface area (Å²) in [5.74, 6) is 2.32. The molecule has 1 atom stereocenters. The van der Waals surface area contributed by atoms with Gasteiger partial charge in [0.15, 0.2) is 11.4 Å². The van der Waals surface area contributed by atoms with Crippen LogP contribution in [0.15, 0.2) is 35.3 Å². The van der Waals surface area contributed by atoms with Gasteiger partial charge in [-0.3, -0.25) is 14.8 Å². The molecule has 0 radical (unpaired) electrons. The first kappa shape index (κ1) is 18.2. The first-order chi connectivity index (χ1) is 15.0. The Labute approximate surface area is 179 Å². The molecule has 10 nitrogen and oxygen atoms in total. The van der Waals surface area contributed by atoms with E-state index in [1.807, 2.05) is 0 Å². The standard InChI is InChI=1S/C20H17N7O3S/c1-11-2-4-14-16(6-11)31-20-17(14)19-23-18(24-26(19)10-21-20)15-5-3-13(30-15)9-25-8-12(7-22-25)27(28)29/h3,5,7-8,10-11H,2,4,6,9H2,1H3. The molecule has 0 amide bonds. The lowest BCUT2D eigenvalue weighted by molar-refractivity contribution is -0.385. The van der Waals surface area contributed by atoms with E-state index in [0.717, 1.165) is 28.7 Å². The molecule has 0 saturated heterocycles. The average molecular weight is 435 g/mol. The molecule has 156 valence electrons. The molecule has 1 aliphatic carbocycles. The minimum Gasteiger partial charge on any atom is -0.456 e. The van der Waals surface area contributed by atoms with Crippen molar-refractivity contribution in [3.63, 3.8) is 0 Å². The Morgan fingerprint density at radius 1 is 1.39 bits per heavy atom. The summed E-state index contributed by atoms with van der Waals surface area (Å²) in [4.78, 5) is 22.1. The van der Waals surface area contributed by atoms with Crippen molar-refractivity contribution in [1.82, 2.24) is 29.4 Å². The lowest BCUT2D eigenvalue weighted by Gasteiger charge is -2.17. The van der Waals surface area contributed by atoms with Gasteiger partial charge in [-0.15, -0.1) is 16.4 Å². The number of rotatable bonds is 4. The van der Waals surface area contributed by atoms with Crippen LogP contribution in [0.25, 0.3) is 27.4 Å². The van der Waals surface area contributed by atoms with Gasteiger partial charge in [-0.1, -0.05) is 6.92 Å². The van der Waals surface area contributed by atoms with E-state index in [0.29, 0.717) is 23.3 Å². The number of hydrogen-bond donors (Lipinski definition) is 0. The van der Waals surface area contributed by atoms with Crippen LogP contribution >= 0.6 is 11.3 Å². The van der Waals surface area contributed by atoms with Crippen molar-refractivity contribution in [1.29, 1.82) is 0 Å². The molecule has 5 aromatic rings. The number of hydrogen-bond acceptors (Lipinski definition) is 8. The second-order valence-corrected chi connectivity index (χ2v) is 8.98. The van der Waals surface area contributed by atoms with Crippen molar-refractivity contribution in [2.24, 2.45) is 5.92 Å². The van der Waals surface area contributed by atoms with Crippen LogP contribution in [0.3, 0.4) is 0 Å². The van der Waals surface area contributed by atoms with Crippen LogP contribution in [0.2, 0.25) is 0 Å². The second kappa shape index (κ2) is 6.71. The zero-order valence-corrected chi connectivity index (χ0v) is 17.4. The van der Waals surface area contributed by atoms with Crippen LogP contribution < -0.4 is 0 Å². The van der Waals surface area contributed by atoms with E-state index in [9.17, 15) is 10.1 Å². The minimum atomic E-state index is -0.476. The predicted octanol–water partition coefficient (Wildman–Crippen LogP) is 3.88. The summed E-state index contributed by atoms with van der Waals surface area (Å²) in [6.07, 6.45) is 7.60. The Hall–Kier alpha value is -3.60. The van der Waals surface area contributed by atoms with Gasteiger partial charge in [0.1, 0.15) is 29.3 Å². The zero-order chi connectivity index (χ0) is 21.1. The van der Waals surface area contributed by atoms with Crippen molar-refractivity contribution < 1.29 is 9.34 Å². The van der Waals surface area contributed by atoms with Gasteiger partial charge in [-0.05, 0) is 42.9 Å². The van der Waals surface area contributed by atoms with Crippen LogP contribution in [0.5, 0.6) is 0 Å². The Morgan fingerprint density at radius 3 is 3.13 bits per heavy atom. The number of thiophene rings is 1. The number of fused-ring (bicyclic) bond motifs is 5. The van der Waals surface area contributed by atoms with Gasteiger partial charge in [-0.2, -0.15) is 5.10 Å². The van der Waals surface area contributed by atoms with Crippen LogP contribution in [0, 0.1) is 16.0 Å². The maximum absolute atomic E-state index is 10.8. The van der Waals surface area contributed by atoms with Crippen molar-refractivity contribution in [2.45, 2.75) is 32.7 Å². The van der Waals surface area contributed by atoms with Gasteiger partial charge in [-0.25, -0.2) is 14.5 Å². The smallest absolute Gasteiger partial charge is 0.307 e. The molecule has 5 heterocycles. The molecule has 0 aromatic carbocycles. The number of nitrogens with zero attached hydrogens (tertiary/aromatic N) is 7. The van der Waals surface area contributed by atoms with Crippen LogP contribution in [0.4, 0.5) is 5.69 Å². The molecule has 0 bridgehead atoms. The van der Waals surface area contributed by atoms with Crippen LogP contribution in [-0.4, -0.2) is 34.3 Å². The molecule has 0 N–H and O–H groups in total. The number of nitro groups is 1. The quantitative estimate of drug-likeness (QED) is 0.310. The van der Waals surface area contributed by atoms with Gasteiger partial charge >= 0.3 is 5.69 Å². The van der Waals surface area contributed by atoms with Crippen molar-refractivity contribution >= 4 is 32.9 Å². The zero-order valence-electron chi connectivity index (χ0n) is 16.6. The summed E-state index contributed by atoms with van der Waals surface area (Å²) < 4.78 is 9.08. The molecule has 5 aromatic heterocycles. The van der Waals surface area contributed by atoms with Crippen LogP contribution in [-0.2, 0) is 19.4 Å². The highest BCUT2D eigenvalue weighted by Gasteiger charge is 2.24. The summed E-state index contributed by atoms with van der Waals surface area (Å²) in [6.45, 7) is 2.57. The van der Waals surface area contributed by atoms with Crippen molar-refractivity contribution in [2.75, 3.05) is 0 Å². The highest BCUT2D eigenvalue weighted by molar-refractivity contribution is 7.19. The molecule has 0 aliphatic heterocycles. The summed E-state index contributed by atoms with van der Waals surface area (Å²) in [5.41, 5.74) is 2.10. The Morgan fingerprint density at radius 2 is 2.29 bits per heavy atom. The summed E-state index contributed by atoms with van der Waals surface area (Å²) in [6, 6.07) is 3.60.